The zero-order chi connectivity index (χ0) is 18.7. The van der Waals surface area contributed by atoms with Crippen molar-refractivity contribution in [2.24, 2.45) is 5.92 Å². The summed E-state index contributed by atoms with van der Waals surface area (Å²) in [6.45, 7) is 4.48. The Hall–Kier alpha value is -2.38. The van der Waals surface area contributed by atoms with Crippen LogP contribution in [0, 0.1) is 5.92 Å². The molecule has 1 atom stereocenters. The Labute approximate surface area is 154 Å². The van der Waals surface area contributed by atoms with Crippen molar-refractivity contribution in [2.45, 2.75) is 24.9 Å². The van der Waals surface area contributed by atoms with Crippen LogP contribution in [0.25, 0.3) is 0 Å². The van der Waals surface area contributed by atoms with Gasteiger partial charge in [-0.2, -0.15) is 4.31 Å². The summed E-state index contributed by atoms with van der Waals surface area (Å²) in [7, 11) is -3.66. The highest BCUT2D eigenvalue weighted by Gasteiger charge is 2.43. The first-order valence-corrected chi connectivity index (χ1v) is 10.0. The first-order valence-electron chi connectivity index (χ1n) is 8.61. The smallest absolute Gasteiger partial charge is 0.308 e. The van der Waals surface area contributed by atoms with E-state index in [0.29, 0.717) is 12.2 Å². The zero-order valence-corrected chi connectivity index (χ0v) is 15.7. The van der Waals surface area contributed by atoms with Crippen molar-refractivity contribution in [3.05, 3.63) is 60.7 Å². The second-order valence-electron chi connectivity index (χ2n) is 6.58. The van der Waals surface area contributed by atoms with E-state index in [0.717, 1.165) is 0 Å². The Morgan fingerprint density at radius 2 is 1.58 bits per heavy atom. The van der Waals surface area contributed by atoms with Gasteiger partial charge >= 0.3 is 6.03 Å². The number of benzene rings is 2. The summed E-state index contributed by atoms with van der Waals surface area (Å²) < 4.78 is 27.5. The second-order valence-corrected chi connectivity index (χ2v) is 8.47. The van der Waals surface area contributed by atoms with Gasteiger partial charge in [-0.1, -0.05) is 50.2 Å². The molecule has 1 N–H and O–H groups in total. The standard InChI is InChI=1S/C19H23N3O3S/c1-15(2)18-21(19(23)20-16-9-5-3-6-10-16)13-14-22(18)26(24,25)17-11-7-4-8-12-17/h3-12,15,18H,13-14H2,1-2H3,(H,20,23). The van der Waals surface area contributed by atoms with Crippen molar-refractivity contribution in [2.75, 3.05) is 18.4 Å². The monoisotopic (exact) mass is 373 g/mol. The van der Waals surface area contributed by atoms with Gasteiger partial charge in [0, 0.05) is 18.8 Å². The molecule has 3 rings (SSSR count). The van der Waals surface area contributed by atoms with E-state index >= 15 is 0 Å². The predicted octanol–water partition coefficient (Wildman–Crippen LogP) is 3.21. The molecule has 0 aliphatic carbocycles. The first-order chi connectivity index (χ1) is 12.4. The summed E-state index contributed by atoms with van der Waals surface area (Å²) in [5, 5.41) is 2.85. The number of urea groups is 1. The molecule has 1 aliphatic rings. The van der Waals surface area contributed by atoms with Crippen LogP contribution >= 0.6 is 0 Å². The van der Waals surface area contributed by atoms with E-state index in [9.17, 15) is 13.2 Å². The molecule has 0 spiro atoms. The molecule has 0 saturated carbocycles. The maximum atomic E-state index is 13.0. The molecule has 1 unspecified atom stereocenters. The van der Waals surface area contributed by atoms with Gasteiger partial charge in [0.25, 0.3) is 0 Å². The fourth-order valence-corrected chi connectivity index (χ4v) is 4.98. The summed E-state index contributed by atoms with van der Waals surface area (Å²) in [4.78, 5) is 14.6. The molecule has 0 radical (unpaired) electrons. The zero-order valence-electron chi connectivity index (χ0n) is 14.9. The lowest BCUT2D eigenvalue weighted by atomic mass is 10.1. The third-order valence-electron chi connectivity index (χ3n) is 4.41. The van der Waals surface area contributed by atoms with E-state index < -0.39 is 16.2 Å². The number of rotatable bonds is 4. The Kier molecular flexibility index (Phi) is 5.29. The predicted molar refractivity (Wildman–Crippen MR) is 101 cm³/mol. The van der Waals surface area contributed by atoms with Crippen LogP contribution in [0.15, 0.2) is 65.6 Å². The minimum atomic E-state index is -3.66. The maximum absolute atomic E-state index is 13.0. The van der Waals surface area contributed by atoms with E-state index in [1.165, 1.54) is 4.31 Å². The van der Waals surface area contributed by atoms with E-state index in [1.54, 1.807) is 47.4 Å². The third-order valence-corrected chi connectivity index (χ3v) is 6.29. The lowest BCUT2D eigenvalue weighted by molar-refractivity contribution is 0.159. The molecule has 138 valence electrons. The summed E-state index contributed by atoms with van der Waals surface area (Å²) in [6.07, 6.45) is -0.524. The molecule has 2 amide bonds. The normalized spacial score (nSPS) is 18.3. The first kappa shape index (κ1) is 18.4. The average Bonchev–Trinajstić information content (AvgIpc) is 3.10. The number of para-hydroxylation sites is 1. The molecule has 26 heavy (non-hydrogen) atoms. The van der Waals surface area contributed by atoms with Crippen molar-refractivity contribution in [3.8, 4) is 0 Å². The lowest BCUT2D eigenvalue weighted by Crippen LogP contribution is -2.48. The summed E-state index contributed by atoms with van der Waals surface area (Å²) in [5.41, 5.74) is 0.685. The number of hydrogen-bond acceptors (Lipinski definition) is 3. The van der Waals surface area contributed by atoms with Crippen LogP contribution in [0.3, 0.4) is 0 Å². The van der Waals surface area contributed by atoms with Crippen molar-refractivity contribution in [1.82, 2.24) is 9.21 Å². The minimum absolute atomic E-state index is 0.0440. The van der Waals surface area contributed by atoms with Gasteiger partial charge in [0.1, 0.15) is 6.17 Å². The van der Waals surface area contributed by atoms with Crippen LogP contribution < -0.4 is 5.32 Å². The van der Waals surface area contributed by atoms with Crippen LogP contribution in [-0.2, 0) is 10.0 Å². The van der Waals surface area contributed by atoms with Crippen molar-refractivity contribution in [1.29, 1.82) is 0 Å². The topological polar surface area (TPSA) is 69.7 Å². The number of anilines is 1. The summed E-state index contributed by atoms with van der Waals surface area (Å²) in [5.74, 6) is -0.0440. The van der Waals surface area contributed by atoms with Gasteiger partial charge in [-0.15, -0.1) is 0 Å². The van der Waals surface area contributed by atoms with E-state index in [2.05, 4.69) is 5.32 Å². The summed E-state index contributed by atoms with van der Waals surface area (Å²) in [6, 6.07) is 17.2. The van der Waals surface area contributed by atoms with Crippen LogP contribution in [0.1, 0.15) is 13.8 Å². The van der Waals surface area contributed by atoms with Crippen LogP contribution in [-0.4, -0.2) is 42.9 Å². The van der Waals surface area contributed by atoms with Crippen molar-refractivity contribution in [3.63, 3.8) is 0 Å². The fourth-order valence-electron chi connectivity index (χ4n) is 3.25. The van der Waals surface area contributed by atoms with Crippen molar-refractivity contribution >= 4 is 21.7 Å². The highest BCUT2D eigenvalue weighted by Crippen LogP contribution is 2.29. The SMILES string of the molecule is CC(C)C1N(C(=O)Nc2ccccc2)CCN1S(=O)(=O)c1ccccc1. The number of hydrogen-bond donors (Lipinski definition) is 1. The quantitative estimate of drug-likeness (QED) is 0.895. The van der Waals surface area contributed by atoms with E-state index in [-0.39, 0.29) is 23.4 Å². The fraction of sp³-hybridized carbons (Fsp3) is 0.316. The number of sulfonamides is 1. The van der Waals surface area contributed by atoms with Gasteiger partial charge in [0.15, 0.2) is 0 Å². The molecular formula is C19H23N3O3S. The molecule has 0 aromatic heterocycles. The van der Waals surface area contributed by atoms with Gasteiger partial charge in [0.05, 0.1) is 4.90 Å². The lowest BCUT2D eigenvalue weighted by Gasteiger charge is -2.32. The Morgan fingerprint density at radius 1 is 1.00 bits per heavy atom. The van der Waals surface area contributed by atoms with Gasteiger partial charge < -0.3 is 10.2 Å². The maximum Gasteiger partial charge on any atom is 0.323 e. The molecule has 1 saturated heterocycles. The van der Waals surface area contributed by atoms with Crippen LogP contribution in [0.4, 0.5) is 10.5 Å². The number of amides is 2. The highest BCUT2D eigenvalue weighted by molar-refractivity contribution is 7.89. The molecule has 0 bridgehead atoms. The van der Waals surface area contributed by atoms with Gasteiger partial charge in [-0.3, -0.25) is 0 Å². The highest BCUT2D eigenvalue weighted by atomic mass is 32.2. The van der Waals surface area contributed by atoms with Crippen LogP contribution in [0.2, 0.25) is 0 Å². The van der Waals surface area contributed by atoms with E-state index in [1.807, 2.05) is 32.0 Å². The van der Waals surface area contributed by atoms with Crippen molar-refractivity contribution < 1.29 is 13.2 Å². The molecule has 6 nitrogen and oxygen atoms in total. The number of carbonyl (C=O) groups is 1. The Morgan fingerprint density at radius 3 is 2.15 bits per heavy atom. The number of carbonyl (C=O) groups excluding carboxylic acids is 1. The summed E-state index contributed by atoms with van der Waals surface area (Å²) >= 11 is 0. The van der Waals surface area contributed by atoms with E-state index in [4.69, 9.17) is 0 Å². The van der Waals surface area contributed by atoms with Gasteiger partial charge in [0.2, 0.25) is 10.0 Å². The molecule has 2 aromatic rings. The number of nitrogens with one attached hydrogen (secondary N) is 1. The molecule has 1 fully saturated rings. The molecule has 1 aliphatic heterocycles. The third kappa shape index (κ3) is 3.59. The molecular weight excluding hydrogens is 350 g/mol. The largest absolute Gasteiger partial charge is 0.323 e. The van der Waals surface area contributed by atoms with Crippen LogP contribution in [0.5, 0.6) is 0 Å². The second kappa shape index (κ2) is 7.47. The van der Waals surface area contributed by atoms with Gasteiger partial charge in [-0.25, -0.2) is 13.2 Å². The molecule has 7 heteroatoms. The average molecular weight is 373 g/mol. The minimum Gasteiger partial charge on any atom is -0.308 e. The molecule has 2 aromatic carbocycles. The molecule has 1 heterocycles. The van der Waals surface area contributed by atoms with Gasteiger partial charge in [-0.05, 0) is 30.2 Å². The Balaban J connectivity index is 1.85. The Bertz CT molecular complexity index is 854. The number of nitrogens with zero attached hydrogens (tertiary/aromatic N) is 2.